The highest BCUT2D eigenvalue weighted by atomic mass is 32.2. The average molecular weight is 406 g/mol. The van der Waals surface area contributed by atoms with Crippen molar-refractivity contribution in [2.24, 2.45) is 0 Å². The zero-order valence-electron chi connectivity index (χ0n) is 14.7. The van der Waals surface area contributed by atoms with Gasteiger partial charge >= 0.3 is 0 Å². The van der Waals surface area contributed by atoms with Gasteiger partial charge in [0.15, 0.2) is 0 Å². The molecule has 9 heteroatoms. The standard InChI is InChI=1S/C18H19N3O4S2/c1-24-14-4-2-5-15(12-14)27(22,23)21-9-7-13(8-10-21)18-19-17(20-25-18)16-6-3-11-26-16/h2-6,11-13H,7-10H2,1H3. The molecule has 7 nitrogen and oxygen atoms in total. The first-order valence-corrected chi connectivity index (χ1v) is 10.9. The van der Waals surface area contributed by atoms with Crippen LogP contribution in [0.3, 0.4) is 0 Å². The van der Waals surface area contributed by atoms with Crippen molar-refractivity contribution in [2.45, 2.75) is 23.7 Å². The Morgan fingerprint density at radius 3 is 2.74 bits per heavy atom. The van der Waals surface area contributed by atoms with E-state index in [-0.39, 0.29) is 10.8 Å². The second-order valence-corrected chi connectivity index (χ2v) is 9.18. The lowest BCUT2D eigenvalue weighted by molar-refractivity contribution is 0.270. The third-order valence-electron chi connectivity index (χ3n) is 4.67. The molecule has 0 aliphatic carbocycles. The van der Waals surface area contributed by atoms with Crippen molar-refractivity contribution in [3.63, 3.8) is 0 Å². The fraction of sp³-hybridized carbons (Fsp3) is 0.333. The number of hydrogen-bond donors (Lipinski definition) is 0. The molecule has 0 amide bonds. The van der Waals surface area contributed by atoms with Gasteiger partial charge in [-0.2, -0.15) is 9.29 Å². The van der Waals surface area contributed by atoms with Crippen LogP contribution in [0, 0.1) is 0 Å². The molecule has 0 spiro atoms. The predicted octanol–water partition coefficient (Wildman–Crippen LogP) is 3.38. The molecule has 0 radical (unpaired) electrons. The molecule has 0 N–H and O–H groups in total. The van der Waals surface area contributed by atoms with Crippen LogP contribution in [-0.4, -0.2) is 43.1 Å². The topological polar surface area (TPSA) is 85.5 Å². The summed E-state index contributed by atoms with van der Waals surface area (Å²) < 4.78 is 37.8. The van der Waals surface area contributed by atoms with Crippen molar-refractivity contribution >= 4 is 21.4 Å². The summed E-state index contributed by atoms with van der Waals surface area (Å²) in [6.07, 6.45) is 1.30. The summed E-state index contributed by atoms with van der Waals surface area (Å²) in [7, 11) is -2.02. The summed E-state index contributed by atoms with van der Waals surface area (Å²) in [6.45, 7) is 0.835. The van der Waals surface area contributed by atoms with Crippen molar-refractivity contribution in [1.29, 1.82) is 0 Å². The summed E-state index contributed by atoms with van der Waals surface area (Å²) in [6, 6.07) is 10.4. The van der Waals surface area contributed by atoms with Crippen LogP contribution >= 0.6 is 11.3 Å². The minimum absolute atomic E-state index is 0.0722. The highest BCUT2D eigenvalue weighted by Gasteiger charge is 2.32. The largest absolute Gasteiger partial charge is 0.497 e. The molecular weight excluding hydrogens is 386 g/mol. The Morgan fingerprint density at radius 1 is 1.22 bits per heavy atom. The minimum atomic E-state index is -3.54. The van der Waals surface area contributed by atoms with E-state index in [4.69, 9.17) is 9.26 Å². The molecule has 0 saturated carbocycles. The quantitative estimate of drug-likeness (QED) is 0.647. The fourth-order valence-electron chi connectivity index (χ4n) is 3.16. The lowest BCUT2D eigenvalue weighted by Crippen LogP contribution is -2.37. The molecule has 4 rings (SSSR count). The minimum Gasteiger partial charge on any atom is -0.497 e. The molecule has 1 aliphatic heterocycles. The number of rotatable bonds is 5. The molecule has 1 aliphatic rings. The normalized spacial score (nSPS) is 16.5. The first kappa shape index (κ1) is 18.1. The van der Waals surface area contributed by atoms with Crippen LogP contribution in [0.4, 0.5) is 0 Å². The van der Waals surface area contributed by atoms with E-state index in [1.165, 1.54) is 11.4 Å². The first-order valence-electron chi connectivity index (χ1n) is 8.59. The zero-order chi connectivity index (χ0) is 18.9. The molecule has 2 aromatic heterocycles. The van der Waals surface area contributed by atoms with Gasteiger partial charge in [0.2, 0.25) is 21.7 Å². The highest BCUT2D eigenvalue weighted by molar-refractivity contribution is 7.89. The maximum atomic E-state index is 12.9. The molecule has 1 aromatic carbocycles. The molecule has 1 saturated heterocycles. The van der Waals surface area contributed by atoms with E-state index in [0.29, 0.717) is 43.4 Å². The number of ether oxygens (including phenoxy) is 1. The molecule has 142 valence electrons. The van der Waals surface area contributed by atoms with Crippen molar-refractivity contribution in [1.82, 2.24) is 14.4 Å². The summed E-state index contributed by atoms with van der Waals surface area (Å²) in [5, 5.41) is 6.01. The third-order valence-corrected chi connectivity index (χ3v) is 7.43. The van der Waals surface area contributed by atoms with Crippen LogP contribution in [0.1, 0.15) is 24.7 Å². The molecule has 0 atom stereocenters. The van der Waals surface area contributed by atoms with E-state index in [2.05, 4.69) is 10.1 Å². The van der Waals surface area contributed by atoms with Crippen molar-refractivity contribution < 1.29 is 17.7 Å². The van der Waals surface area contributed by atoms with E-state index in [1.807, 2.05) is 17.5 Å². The van der Waals surface area contributed by atoms with Crippen molar-refractivity contribution in [3.8, 4) is 16.5 Å². The lowest BCUT2D eigenvalue weighted by atomic mass is 9.98. The number of aromatic nitrogens is 2. The van der Waals surface area contributed by atoms with Gasteiger partial charge in [0.05, 0.1) is 16.9 Å². The van der Waals surface area contributed by atoms with Gasteiger partial charge in [0.1, 0.15) is 5.75 Å². The number of nitrogens with zero attached hydrogens (tertiary/aromatic N) is 3. The average Bonchev–Trinajstić information content (AvgIpc) is 3.40. The lowest BCUT2D eigenvalue weighted by Gasteiger charge is -2.29. The van der Waals surface area contributed by atoms with Gasteiger partial charge in [-0.15, -0.1) is 11.3 Å². The maximum absolute atomic E-state index is 12.9. The number of sulfonamides is 1. The molecule has 3 aromatic rings. The Labute approximate surface area is 161 Å². The SMILES string of the molecule is COc1cccc(S(=O)(=O)N2CCC(c3nc(-c4cccs4)no3)CC2)c1. The van der Waals surface area contributed by atoms with Crippen LogP contribution in [0.25, 0.3) is 10.7 Å². The van der Waals surface area contributed by atoms with E-state index < -0.39 is 10.0 Å². The number of hydrogen-bond acceptors (Lipinski definition) is 7. The Hall–Kier alpha value is -2.23. The zero-order valence-corrected chi connectivity index (χ0v) is 16.4. The highest BCUT2D eigenvalue weighted by Crippen LogP contribution is 2.32. The number of methoxy groups -OCH3 is 1. The number of thiophene rings is 1. The van der Waals surface area contributed by atoms with Gasteiger partial charge in [-0.05, 0) is 36.4 Å². The van der Waals surface area contributed by atoms with Crippen LogP contribution in [-0.2, 0) is 10.0 Å². The van der Waals surface area contributed by atoms with Gasteiger partial charge in [-0.25, -0.2) is 8.42 Å². The van der Waals surface area contributed by atoms with Gasteiger partial charge in [-0.1, -0.05) is 17.3 Å². The van der Waals surface area contributed by atoms with Gasteiger partial charge in [0, 0.05) is 25.1 Å². The molecule has 1 fully saturated rings. The second kappa shape index (κ2) is 7.41. The molecule has 3 heterocycles. The Kier molecular flexibility index (Phi) is 4.98. The van der Waals surface area contributed by atoms with Gasteiger partial charge in [0.25, 0.3) is 0 Å². The van der Waals surface area contributed by atoms with Crippen LogP contribution in [0.2, 0.25) is 0 Å². The number of benzene rings is 1. The van der Waals surface area contributed by atoms with Crippen molar-refractivity contribution in [2.75, 3.05) is 20.2 Å². The first-order chi connectivity index (χ1) is 13.1. The summed E-state index contributed by atoms with van der Waals surface area (Å²) >= 11 is 1.56. The predicted molar refractivity (Wildman–Crippen MR) is 101 cm³/mol. The smallest absolute Gasteiger partial charge is 0.243 e. The summed E-state index contributed by atoms with van der Waals surface area (Å²) in [5.41, 5.74) is 0. The van der Waals surface area contributed by atoms with Gasteiger partial charge < -0.3 is 9.26 Å². The second-order valence-electron chi connectivity index (χ2n) is 6.29. The van der Waals surface area contributed by atoms with Gasteiger partial charge in [-0.3, -0.25) is 0 Å². The Bertz CT molecular complexity index is 1010. The molecule has 0 unspecified atom stereocenters. The maximum Gasteiger partial charge on any atom is 0.243 e. The Balaban J connectivity index is 1.45. The molecule has 27 heavy (non-hydrogen) atoms. The van der Waals surface area contributed by atoms with Crippen LogP contribution in [0.5, 0.6) is 5.75 Å². The van der Waals surface area contributed by atoms with E-state index in [0.717, 1.165) is 4.88 Å². The summed E-state index contributed by atoms with van der Waals surface area (Å²) in [4.78, 5) is 5.70. The van der Waals surface area contributed by atoms with E-state index >= 15 is 0 Å². The monoisotopic (exact) mass is 405 g/mol. The van der Waals surface area contributed by atoms with E-state index in [9.17, 15) is 8.42 Å². The molecule has 0 bridgehead atoms. The molecular formula is C18H19N3O4S2. The third kappa shape index (κ3) is 3.62. The fourth-order valence-corrected chi connectivity index (χ4v) is 5.32. The summed E-state index contributed by atoms with van der Waals surface area (Å²) in [5.74, 6) is 1.77. The number of piperidine rings is 1. The van der Waals surface area contributed by atoms with Crippen LogP contribution < -0.4 is 4.74 Å². The van der Waals surface area contributed by atoms with E-state index in [1.54, 1.807) is 35.6 Å². The van der Waals surface area contributed by atoms with Crippen molar-refractivity contribution in [3.05, 3.63) is 47.7 Å². The van der Waals surface area contributed by atoms with Crippen LogP contribution in [0.15, 0.2) is 51.2 Å². The Morgan fingerprint density at radius 2 is 2.04 bits per heavy atom.